The summed E-state index contributed by atoms with van der Waals surface area (Å²) in [6.45, 7) is 9.72. The molecule has 7 nitrogen and oxygen atoms in total. The summed E-state index contributed by atoms with van der Waals surface area (Å²) in [5.41, 5.74) is 4.67. The van der Waals surface area contributed by atoms with E-state index in [1.807, 2.05) is 0 Å². The van der Waals surface area contributed by atoms with Gasteiger partial charge in [0.1, 0.15) is 5.25 Å². The largest absolute Gasteiger partial charge is 0.481 e. The monoisotopic (exact) mass is 416 g/mol. The third-order valence-corrected chi connectivity index (χ3v) is 6.52. The fourth-order valence-electron chi connectivity index (χ4n) is 3.61. The quantitative estimate of drug-likeness (QED) is 0.549. The molecule has 29 heavy (non-hydrogen) atoms. The third kappa shape index (κ3) is 5.90. The van der Waals surface area contributed by atoms with Crippen LogP contribution in [-0.2, 0) is 16.1 Å². The lowest BCUT2D eigenvalue weighted by Gasteiger charge is -2.30. The topological polar surface area (TPSA) is 94.4 Å². The lowest BCUT2D eigenvalue weighted by Crippen LogP contribution is -2.32. The van der Waals surface area contributed by atoms with Crippen LogP contribution in [0.1, 0.15) is 48.4 Å². The first-order valence-corrected chi connectivity index (χ1v) is 10.8. The molecule has 0 aliphatic carbocycles. The summed E-state index contributed by atoms with van der Waals surface area (Å²) in [4.78, 5) is 25.1. The van der Waals surface area contributed by atoms with Crippen molar-refractivity contribution < 1.29 is 14.7 Å². The van der Waals surface area contributed by atoms with Crippen molar-refractivity contribution in [3.8, 4) is 0 Å². The maximum Gasteiger partial charge on any atom is 0.305 e. The number of carbonyl (C=O) groups excluding carboxylic acids is 1. The number of carboxylic acids is 1. The van der Waals surface area contributed by atoms with E-state index in [1.54, 1.807) is 6.21 Å². The highest BCUT2D eigenvalue weighted by molar-refractivity contribution is 8.15. The van der Waals surface area contributed by atoms with Gasteiger partial charge in [0, 0.05) is 6.54 Å². The van der Waals surface area contributed by atoms with Crippen LogP contribution in [0, 0.1) is 19.8 Å². The van der Waals surface area contributed by atoms with Crippen molar-refractivity contribution in [1.82, 2.24) is 10.2 Å². The number of thioether (sulfide) groups is 1. The van der Waals surface area contributed by atoms with E-state index in [1.165, 1.54) is 29.5 Å². The molecule has 2 saturated heterocycles. The number of nitrogens with one attached hydrogen (secondary N) is 1. The molecule has 0 aromatic heterocycles. The fourth-order valence-corrected chi connectivity index (χ4v) is 4.53. The first kappa shape index (κ1) is 21.5. The van der Waals surface area contributed by atoms with Gasteiger partial charge in [-0.25, -0.2) is 0 Å². The molecule has 2 aliphatic heterocycles. The number of nitrogens with zero attached hydrogens (tertiary/aromatic N) is 3. The summed E-state index contributed by atoms with van der Waals surface area (Å²) in [5, 5.41) is 19.3. The molecule has 0 saturated carbocycles. The Morgan fingerprint density at radius 2 is 2.07 bits per heavy atom. The van der Waals surface area contributed by atoms with E-state index in [-0.39, 0.29) is 12.3 Å². The number of aryl methyl sites for hydroxylation is 1. The summed E-state index contributed by atoms with van der Waals surface area (Å²) >= 11 is 1.10. The molecule has 2 aliphatic rings. The van der Waals surface area contributed by atoms with Gasteiger partial charge >= 0.3 is 5.97 Å². The SMILES string of the molecule is Cc1cc(C=NN=C2NC(=O)C(CC(=O)O)S2)c(C)c(CN2CCC(C)CC2)c1. The van der Waals surface area contributed by atoms with Gasteiger partial charge in [-0.2, -0.15) is 5.10 Å². The first-order valence-electron chi connectivity index (χ1n) is 9.94. The van der Waals surface area contributed by atoms with Crippen molar-refractivity contribution in [3.63, 3.8) is 0 Å². The Balaban J connectivity index is 1.68. The molecule has 8 heteroatoms. The molecule has 1 unspecified atom stereocenters. The van der Waals surface area contributed by atoms with E-state index in [2.05, 4.69) is 53.3 Å². The Kier molecular flexibility index (Phi) is 7.08. The highest BCUT2D eigenvalue weighted by Crippen LogP contribution is 2.23. The number of rotatable bonds is 6. The normalized spacial score (nSPS) is 22.5. The number of hydrogen-bond donors (Lipinski definition) is 2. The number of amidine groups is 1. The molecule has 156 valence electrons. The minimum absolute atomic E-state index is 0.227. The average molecular weight is 417 g/mol. The molecule has 2 heterocycles. The van der Waals surface area contributed by atoms with Crippen LogP contribution in [0.2, 0.25) is 0 Å². The lowest BCUT2D eigenvalue weighted by atomic mass is 9.96. The minimum atomic E-state index is -1.01. The zero-order valence-corrected chi connectivity index (χ0v) is 18.0. The predicted molar refractivity (Wildman–Crippen MR) is 116 cm³/mol. The number of piperidine rings is 1. The number of hydrogen-bond acceptors (Lipinski definition) is 6. The molecular formula is C21H28N4O3S. The standard InChI is InChI=1S/C21H28N4O3S/c1-13-4-6-25(7-5-13)12-17-9-14(2)8-16(15(17)3)11-22-24-21-23-20(28)18(29-21)10-19(26)27/h8-9,11,13,18H,4-7,10,12H2,1-3H3,(H,26,27)(H,23,24,28). The van der Waals surface area contributed by atoms with Crippen LogP contribution in [0.15, 0.2) is 22.3 Å². The van der Waals surface area contributed by atoms with Crippen molar-refractivity contribution in [3.05, 3.63) is 34.4 Å². The van der Waals surface area contributed by atoms with Gasteiger partial charge in [0.15, 0.2) is 5.17 Å². The number of carbonyl (C=O) groups is 2. The van der Waals surface area contributed by atoms with Gasteiger partial charge in [-0.05, 0) is 62.4 Å². The second-order valence-corrected chi connectivity index (χ2v) is 9.13. The summed E-state index contributed by atoms with van der Waals surface area (Å²) in [5.74, 6) is -0.527. The number of aliphatic carboxylic acids is 1. The Labute approximate surface area is 175 Å². The zero-order valence-electron chi connectivity index (χ0n) is 17.1. The third-order valence-electron chi connectivity index (χ3n) is 5.45. The molecule has 0 bridgehead atoms. The Morgan fingerprint density at radius 1 is 1.34 bits per heavy atom. The Morgan fingerprint density at radius 3 is 2.76 bits per heavy atom. The molecule has 1 amide bonds. The van der Waals surface area contributed by atoms with Gasteiger partial charge in [0.25, 0.3) is 0 Å². The fraction of sp³-hybridized carbons (Fsp3) is 0.524. The van der Waals surface area contributed by atoms with Crippen molar-refractivity contribution in [2.45, 2.75) is 51.8 Å². The number of benzene rings is 1. The molecule has 3 rings (SSSR count). The maximum absolute atomic E-state index is 11.8. The van der Waals surface area contributed by atoms with E-state index in [9.17, 15) is 9.59 Å². The van der Waals surface area contributed by atoms with Gasteiger partial charge in [0.2, 0.25) is 5.91 Å². The smallest absolute Gasteiger partial charge is 0.305 e. The van der Waals surface area contributed by atoms with Crippen LogP contribution in [0.4, 0.5) is 0 Å². The molecule has 2 N–H and O–H groups in total. The second-order valence-electron chi connectivity index (χ2n) is 7.94. The average Bonchev–Trinajstić information content (AvgIpc) is 2.99. The van der Waals surface area contributed by atoms with Crippen molar-refractivity contribution >= 4 is 35.0 Å². The van der Waals surface area contributed by atoms with Crippen molar-refractivity contribution in [2.75, 3.05) is 13.1 Å². The van der Waals surface area contributed by atoms with Crippen LogP contribution in [0.25, 0.3) is 0 Å². The van der Waals surface area contributed by atoms with Gasteiger partial charge in [-0.3, -0.25) is 14.5 Å². The number of carboxylic acid groups (broad SMARTS) is 1. The van der Waals surface area contributed by atoms with Gasteiger partial charge in [0.05, 0.1) is 12.6 Å². The van der Waals surface area contributed by atoms with Crippen LogP contribution >= 0.6 is 11.8 Å². The molecule has 1 atom stereocenters. The van der Waals surface area contributed by atoms with E-state index in [4.69, 9.17) is 5.11 Å². The maximum atomic E-state index is 11.8. The van der Waals surface area contributed by atoms with Crippen molar-refractivity contribution in [1.29, 1.82) is 0 Å². The van der Waals surface area contributed by atoms with Gasteiger partial charge < -0.3 is 10.4 Å². The van der Waals surface area contributed by atoms with E-state index in [0.717, 1.165) is 42.9 Å². The number of amides is 1. The summed E-state index contributed by atoms with van der Waals surface area (Å²) < 4.78 is 0. The number of likely N-dealkylation sites (tertiary alicyclic amines) is 1. The summed E-state index contributed by atoms with van der Waals surface area (Å²) in [6, 6.07) is 4.31. The van der Waals surface area contributed by atoms with Gasteiger partial charge in [-0.15, -0.1) is 5.10 Å². The highest BCUT2D eigenvalue weighted by atomic mass is 32.2. The molecule has 1 aromatic rings. The molecular weight excluding hydrogens is 388 g/mol. The molecule has 0 radical (unpaired) electrons. The lowest BCUT2D eigenvalue weighted by molar-refractivity contribution is -0.138. The van der Waals surface area contributed by atoms with Crippen LogP contribution < -0.4 is 5.32 Å². The predicted octanol–water partition coefficient (Wildman–Crippen LogP) is 2.93. The summed E-state index contributed by atoms with van der Waals surface area (Å²) in [6.07, 6.45) is 3.98. The van der Waals surface area contributed by atoms with Gasteiger partial charge in [-0.1, -0.05) is 36.4 Å². The second kappa shape index (κ2) is 9.54. The molecule has 0 spiro atoms. The van der Waals surface area contributed by atoms with Crippen LogP contribution in [0.3, 0.4) is 0 Å². The van der Waals surface area contributed by atoms with Crippen LogP contribution in [0.5, 0.6) is 0 Å². The Hall–Kier alpha value is -2.19. The van der Waals surface area contributed by atoms with Crippen LogP contribution in [-0.4, -0.2) is 51.6 Å². The van der Waals surface area contributed by atoms with E-state index in [0.29, 0.717) is 5.17 Å². The Bertz CT molecular complexity index is 845. The molecule has 1 aromatic carbocycles. The minimum Gasteiger partial charge on any atom is -0.481 e. The summed E-state index contributed by atoms with van der Waals surface area (Å²) in [7, 11) is 0. The zero-order chi connectivity index (χ0) is 21.0. The molecule has 2 fully saturated rings. The first-order chi connectivity index (χ1) is 13.8. The van der Waals surface area contributed by atoms with E-state index < -0.39 is 11.2 Å². The van der Waals surface area contributed by atoms with Crippen molar-refractivity contribution in [2.24, 2.45) is 16.1 Å². The van der Waals surface area contributed by atoms with E-state index >= 15 is 0 Å². The highest BCUT2D eigenvalue weighted by Gasteiger charge is 2.32.